The monoisotopic (exact) mass is 312 g/mol. The summed E-state index contributed by atoms with van der Waals surface area (Å²) in [5.74, 6) is -0.635. The standard InChI is InChI=1S/C14H16O4S2/c1-3-10-19(15,16)12-14(20(17,18)11-4-2)13-8-6-5-7-9-13/h3-9,12H,1-2,10-11H2. The Morgan fingerprint density at radius 2 is 1.50 bits per heavy atom. The van der Waals surface area contributed by atoms with Crippen LogP contribution in [0.15, 0.2) is 61.0 Å². The minimum Gasteiger partial charge on any atom is -0.224 e. The van der Waals surface area contributed by atoms with Gasteiger partial charge in [0.1, 0.15) is 0 Å². The molecule has 4 nitrogen and oxygen atoms in total. The molecule has 0 amide bonds. The summed E-state index contributed by atoms with van der Waals surface area (Å²) in [6, 6.07) is 8.12. The molecule has 0 aliphatic rings. The van der Waals surface area contributed by atoms with Crippen molar-refractivity contribution in [3.05, 3.63) is 66.6 Å². The van der Waals surface area contributed by atoms with Gasteiger partial charge in [0, 0.05) is 0 Å². The SMILES string of the molecule is C=CCS(=O)(=O)C=C(c1ccccc1)S(=O)(=O)CC=C. The summed E-state index contributed by atoms with van der Waals surface area (Å²) in [6.45, 7) is 6.73. The van der Waals surface area contributed by atoms with E-state index in [9.17, 15) is 16.8 Å². The molecule has 0 aliphatic heterocycles. The molecule has 1 aromatic carbocycles. The van der Waals surface area contributed by atoms with Crippen LogP contribution in [0.4, 0.5) is 0 Å². The molecule has 0 heterocycles. The molecule has 1 rings (SSSR count). The topological polar surface area (TPSA) is 68.3 Å². The van der Waals surface area contributed by atoms with Crippen molar-refractivity contribution in [1.29, 1.82) is 0 Å². The van der Waals surface area contributed by atoms with Crippen molar-refractivity contribution < 1.29 is 16.8 Å². The van der Waals surface area contributed by atoms with E-state index in [1.54, 1.807) is 30.3 Å². The zero-order valence-corrected chi connectivity index (χ0v) is 12.5. The molecule has 0 fully saturated rings. The highest BCUT2D eigenvalue weighted by atomic mass is 32.2. The molecular formula is C14H16O4S2. The van der Waals surface area contributed by atoms with Gasteiger partial charge >= 0.3 is 0 Å². The summed E-state index contributed by atoms with van der Waals surface area (Å²) in [7, 11) is -7.42. The maximum atomic E-state index is 12.2. The molecule has 20 heavy (non-hydrogen) atoms. The Bertz CT molecular complexity index is 712. The first-order chi connectivity index (χ1) is 9.32. The van der Waals surface area contributed by atoms with Crippen LogP contribution in [0.5, 0.6) is 0 Å². The summed E-state index contributed by atoms with van der Waals surface area (Å²) < 4.78 is 48.0. The van der Waals surface area contributed by atoms with Gasteiger partial charge in [0.2, 0.25) is 0 Å². The van der Waals surface area contributed by atoms with E-state index in [4.69, 9.17) is 0 Å². The number of hydrogen-bond donors (Lipinski definition) is 0. The molecule has 6 heteroatoms. The number of benzene rings is 1. The van der Waals surface area contributed by atoms with Gasteiger partial charge in [-0.1, -0.05) is 42.5 Å². The first-order valence-electron chi connectivity index (χ1n) is 5.77. The Morgan fingerprint density at radius 1 is 0.950 bits per heavy atom. The molecule has 0 saturated carbocycles. The van der Waals surface area contributed by atoms with Gasteiger partial charge < -0.3 is 0 Å². The number of hydrogen-bond acceptors (Lipinski definition) is 4. The van der Waals surface area contributed by atoms with Gasteiger partial charge in [0.25, 0.3) is 0 Å². The Balaban J connectivity index is 3.49. The van der Waals surface area contributed by atoms with E-state index in [2.05, 4.69) is 13.2 Å². The third kappa shape index (κ3) is 4.47. The lowest BCUT2D eigenvalue weighted by Gasteiger charge is -2.08. The van der Waals surface area contributed by atoms with Crippen LogP contribution < -0.4 is 0 Å². The van der Waals surface area contributed by atoms with Crippen LogP contribution in [0.3, 0.4) is 0 Å². The molecule has 0 N–H and O–H groups in total. The lowest BCUT2D eigenvalue weighted by atomic mass is 10.2. The third-order valence-corrected chi connectivity index (χ3v) is 5.51. The predicted octanol–water partition coefficient (Wildman–Crippen LogP) is 2.19. The fourth-order valence-corrected chi connectivity index (χ4v) is 4.44. The van der Waals surface area contributed by atoms with E-state index < -0.39 is 19.7 Å². The van der Waals surface area contributed by atoms with Crippen LogP contribution in [0.1, 0.15) is 5.56 Å². The van der Waals surface area contributed by atoms with Crippen LogP contribution >= 0.6 is 0 Å². The molecule has 0 spiro atoms. The van der Waals surface area contributed by atoms with Crippen molar-refractivity contribution >= 4 is 24.6 Å². The van der Waals surface area contributed by atoms with E-state index in [1.165, 1.54) is 12.2 Å². The van der Waals surface area contributed by atoms with Crippen molar-refractivity contribution in [3.63, 3.8) is 0 Å². The van der Waals surface area contributed by atoms with Gasteiger partial charge in [-0.05, 0) is 5.56 Å². The van der Waals surface area contributed by atoms with Gasteiger partial charge in [-0.3, -0.25) is 0 Å². The van der Waals surface area contributed by atoms with Crippen molar-refractivity contribution in [3.8, 4) is 0 Å². The van der Waals surface area contributed by atoms with Gasteiger partial charge in [0.05, 0.1) is 21.8 Å². The molecular weight excluding hydrogens is 296 g/mol. The summed E-state index contributed by atoms with van der Waals surface area (Å²) in [5, 5.41) is 0.794. The van der Waals surface area contributed by atoms with Gasteiger partial charge in [-0.15, -0.1) is 13.2 Å². The molecule has 0 saturated heterocycles. The highest BCUT2D eigenvalue weighted by Crippen LogP contribution is 2.23. The number of rotatable bonds is 7. The second kappa shape index (κ2) is 6.67. The highest BCUT2D eigenvalue weighted by Gasteiger charge is 2.21. The molecule has 0 atom stereocenters. The van der Waals surface area contributed by atoms with Crippen LogP contribution in [-0.4, -0.2) is 28.3 Å². The van der Waals surface area contributed by atoms with Crippen LogP contribution in [0.2, 0.25) is 0 Å². The summed E-state index contributed by atoms with van der Waals surface area (Å²) >= 11 is 0. The maximum Gasteiger partial charge on any atom is 0.183 e. The second-order valence-corrected chi connectivity index (χ2v) is 7.93. The largest absolute Gasteiger partial charge is 0.224 e. The fourth-order valence-electron chi connectivity index (χ4n) is 1.54. The zero-order chi connectivity index (χ0) is 15.2. The van der Waals surface area contributed by atoms with Gasteiger partial charge in [0.15, 0.2) is 19.7 Å². The van der Waals surface area contributed by atoms with Crippen molar-refractivity contribution in [1.82, 2.24) is 0 Å². The highest BCUT2D eigenvalue weighted by molar-refractivity contribution is 8.02. The summed E-state index contributed by atoms with van der Waals surface area (Å²) in [5.41, 5.74) is 0.335. The minimum absolute atomic E-state index is 0.222. The maximum absolute atomic E-state index is 12.2. The van der Waals surface area contributed by atoms with Crippen LogP contribution in [0.25, 0.3) is 4.91 Å². The molecule has 0 aromatic heterocycles. The van der Waals surface area contributed by atoms with Crippen molar-refractivity contribution in [2.45, 2.75) is 0 Å². The average Bonchev–Trinajstić information content (AvgIpc) is 2.37. The first kappa shape index (κ1) is 16.4. The Kier molecular flexibility index (Phi) is 5.47. The zero-order valence-electron chi connectivity index (χ0n) is 10.9. The van der Waals surface area contributed by atoms with Crippen molar-refractivity contribution in [2.24, 2.45) is 0 Å². The van der Waals surface area contributed by atoms with Crippen LogP contribution in [-0.2, 0) is 19.7 Å². The predicted molar refractivity (Wildman–Crippen MR) is 82.4 cm³/mol. The van der Waals surface area contributed by atoms with E-state index in [1.807, 2.05) is 0 Å². The van der Waals surface area contributed by atoms with E-state index in [0.717, 1.165) is 5.41 Å². The van der Waals surface area contributed by atoms with Crippen LogP contribution in [0, 0.1) is 0 Å². The minimum atomic E-state index is -3.75. The number of sulfone groups is 2. The normalized spacial score (nSPS) is 12.9. The average molecular weight is 312 g/mol. The van der Waals surface area contributed by atoms with E-state index in [-0.39, 0.29) is 16.4 Å². The lowest BCUT2D eigenvalue weighted by Crippen LogP contribution is -2.10. The summed E-state index contributed by atoms with van der Waals surface area (Å²) in [4.78, 5) is -0.222. The molecule has 0 radical (unpaired) electrons. The van der Waals surface area contributed by atoms with E-state index >= 15 is 0 Å². The van der Waals surface area contributed by atoms with Gasteiger partial charge in [-0.2, -0.15) is 0 Å². The Labute approximate surface area is 120 Å². The molecule has 1 aromatic rings. The van der Waals surface area contributed by atoms with Crippen molar-refractivity contribution in [2.75, 3.05) is 11.5 Å². The lowest BCUT2D eigenvalue weighted by molar-refractivity contribution is 0.604. The third-order valence-electron chi connectivity index (χ3n) is 2.37. The Morgan fingerprint density at radius 3 is 2.00 bits per heavy atom. The molecule has 0 bridgehead atoms. The smallest absolute Gasteiger partial charge is 0.183 e. The van der Waals surface area contributed by atoms with E-state index in [0.29, 0.717) is 5.56 Å². The molecule has 0 aliphatic carbocycles. The quantitative estimate of drug-likeness (QED) is 0.724. The fraction of sp³-hybridized carbons (Fsp3) is 0.143. The summed E-state index contributed by atoms with van der Waals surface area (Å²) in [6.07, 6.45) is 2.45. The van der Waals surface area contributed by atoms with Gasteiger partial charge in [-0.25, -0.2) is 16.8 Å². The Hall–Kier alpha value is -1.66. The molecule has 108 valence electrons. The molecule has 0 unspecified atom stereocenters. The first-order valence-corrected chi connectivity index (χ1v) is 9.13. The second-order valence-electron chi connectivity index (χ2n) is 4.04.